The highest BCUT2D eigenvalue weighted by atomic mass is 16.6. The molecule has 0 radical (unpaired) electrons. The monoisotopic (exact) mass is 430 g/mol. The van der Waals surface area contributed by atoms with Crippen molar-refractivity contribution >= 4 is 17.3 Å². The molecule has 2 unspecified atom stereocenters. The molecule has 32 heavy (non-hydrogen) atoms. The lowest BCUT2D eigenvalue weighted by atomic mass is 9.93. The average Bonchev–Trinajstić information content (AvgIpc) is 3.57. The second-order valence-electron chi connectivity index (χ2n) is 8.63. The third-order valence-electron chi connectivity index (χ3n) is 5.88. The zero-order valence-corrected chi connectivity index (χ0v) is 17.7. The molecule has 7 nitrogen and oxygen atoms in total. The van der Waals surface area contributed by atoms with Gasteiger partial charge in [-0.2, -0.15) is 0 Å². The normalized spacial score (nSPS) is 19.8. The summed E-state index contributed by atoms with van der Waals surface area (Å²) in [6.45, 7) is 3.79. The lowest BCUT2D eigenvalue weighted by Crippen LogP contribution is -2.37. The number of nitrogens with one attached hydrogen (secondary N) is 1. The molecular formula is C25H22N2O5. The number of carbonyl (C=O) groups excluding carboxylic acids is 1. The van der Waals surface area contributed by atoms with Gasteiger partial charge in [0.2, 0.25) is 5.91 Å². The van der Waals surface area contributed by atoms with E-state index < -0.39 is 10.5 Å². The molecule has 0 bridgehead atoms. The molecule has 0 aliphatic carbocycles. The summed E-state index contributed by atoms with van der Waals surface area (Å²) >= 11 is 0. The zero-order valence-electron chi connectivity index (χ0n) is 17.7. The van der Waals surface area contributed by atoms with Gasteiger partial charge < -0.3 is 14.8 Å². The van der Waals surface area contributed by atoms with Crippen molar-refractivity contribution in [2.75, 3.05) is 5.32 Å². The lowest BCUT2D eigenvalue weighted by molar-refractivity contribution is -0.384. The maximum absolute atomic E-state index is 12.7. The fraction of sp³-hybridized carbons (Fsp3) is 0.240. The Morgan fingerprint density at radius 3 is 2.44 bits per heavy atom. The van der Waals surface area contributed by atoms with Gasteiger partial charge in [-0.1, -0.05) is 54.6 Å². The van der Waals surface area contributed by atoms with Crippen LogP contribution < -0.4 is 10.1 Å². The molecule has 2 aliphatic rings. The number of nitro groups is 1. The van der Waals surface area contributed by atoms with E-state index >= 15 is 0 Å². The van der Waals surface area contributed by atoms with Gasteiger partial charge in [0.15, 0.2) is 0 Å². The van der Waals surface area contributed by atoms with Crippen molar-refractivity contribution in [3.05, 3.63) is 88.0 Å². The fourth-order valence-electron chi connectivity index (χ4n) is 4.19. The Morgan fingerprint density at radius 1 is 1.06 bits per heavy atom. The number of nitrogens with zero attached hydrogens (tertiary/aromatic N) is 1. The van der Waals surface area contributed by atoms with Crippen molar-refractivity contribution in [2.45, 2.75) is 38.1 Å². The largest absolute Gasteiger partial charge is 0.484 e. The Hall–Kier alpha value is -3.71. The number of epoxide rings is 1. The van der Waals surface area contributed by atoms with E-state index in [0.29, 0.717) is 5.75 Å². The molecule has 2 aliphatic heterocycles. The van der Waals surface area contributed by atoms with Crippen molar-refractivity contribution < 1.29 is 19.2 Å². The number of carbonyl (C=O) groups is 1. The summed E-state index contributed by atoms with van der Waals surface area (Å²) in [5, 5.41) is 14.3. The SMILES string of the molecule is CC1(C)Oc2cc([N+](=O)[O-])c(NC(=O)Cc3ccc(-c4ccccc4)cc3)cc2C2OC21. The van der Waals surface area contributed by atoms with Crippen molar-refractivity contribution in [1.29, 1.82) is 0 Å². The zero-order chi connectivity index (χ0) is 22.5. The number of nitro benzene ring substituents is 1. The summed E-state index contributed by atoms with van der Waals surface area (Å²) in [4.78, 5) is 23.8. The third-order valence-corrected chi connectivity index (χ3v) is 5.88. The number of amides is 1. The van der Waals surface area contributed by atoms with E-state index in [0.717, 1.165) is 22.3 Å². The number of fused-ring (bicyclic) bond motifs is 3. The van der Waals surface area contributed by atoms with E-state index in [4.69, 9.17) is 9.47 Å². The predicted octanol–water partition coefficient (Wildman–Crippen LogP) is 5.05. The van der Waals surface area contributed by atoms with Crippen LogP contribution in [0.25, 0.3) is 11.1 Å². The molecule has 2 heterocycles. The Morgan fingerprint density at radius 2 is 1.75 bits per heavy atom. The molecular weight excluding hydrogens is 408 g/mol. The first kappa shape index (κ1) is 20.2. The molecule has 2 atom stereocenters. The highest BCUT2D eigenvalue weighted by molar-refractivity contribution is 5.95. The molecule has 162 valence electrons. The molecule has 1 saturated heterocycles. The molecule has 1 amide bonds. The van der Waals surface area contributed by atoms with Gasteiger partial charge in [0.1, 0.15) is 29.2 Å². The van der Waals surface area contributed by atoms with Crippen molar-refractivity contribution in [1.82, 2.24) is 0 Å². The summed E-state index contributed by atoms with van der Waals surface area (Å²) in [5.74, 6) is 0.0979. The predicted molar refractivity (Wildman–Crippen MR) is 120 cm³/mol. The van der Waals surface area contributed by atoms with Crippen LogP contribution in [-0.4, -0.2) is 22.5 Å². The summed E-state index contributed by atoms with van der Waals surface area (Å²) in [5.41, 5.74) is 3.09. The minimum atomic E-state index is -0.553. The van der Waals surface area contributed by atoms with Gasteiger partial charge in [0.05, 0.1) is 17.4 Å². The Balaban J connectivity index is 1.34. The van der Waals surface area contributed by atoms with Crippen LogP contribution in [0.15, 0.2) is 66.7 Å². The molecule has 0 aromatic heterocycles. The molecule has 1 N–H and O–H groups in total. The number of rotatable bonds is 5. The van der Waals surface area contributed by atoms with Crippen LogP contribution in [0.5, 0.6) is 5.75 Å². The summed E-state index contributed by atoms with van der Waals surface area (Å²) < 4.78 is 11.6. The van der Waals surface area contributed by atoms with Crippen LogP contribution in [0.4, 0.5) is 11.4 Å². The topological polar surface area (TPSA) is 94.0 Å². The second-order valence-corrected chi connectivity index (χ2v) is 8.63. The van der Waals surface area contributed by atoms with Gasteiger partial charge >= 0.3 is 0 Å². The lowest BCUT2D eigenvalue weighted by Gasteiger charge is -2.29. The summed E-state index contributed by atoms with van der Waals surface area (Å²) in [6, 6.07) is 20.6. The Labute approximate surface area is 185 Å². The van der Waals surface area contributed by atoms with Crippen LogP contribution in [0.3, 0.4) is 0 Å². The number of benzene rings is 3. The molecule has 0 saturated carbocycles. The molecule has 5 rings (SSSR count). The van der Waals surface area contributed by atoms with E-state index in [1.807, 2.05) is 68.4 Å². The average molecular weight is 430 g/mol. The van der Waals surface area contributed by atoms with E-state index in [-0.39, 0.29) is 35.9 Å². The van der Waals surface area contributed by atoms with Crippen LogP contribution in [0.2, 0.25) is 0 Å². The Kier molecular flexibility index (Phi) is 4.71. The number of hydrogen-bond acceptors (Lipinski definition) is 5. The molecule has 1 fully saturated rings. The number of anilines is 1. The highest BCUT2D eigenvalue weighted by Gasteiger charge is 2.57. The first-order valence-corrected chi connectivity index (χ1v) is 10.4. The molecule has 3 aromatic rings. The number of ether oxygens (including phenoxy) is 2. The van der Waals surface area contributed by atoms with E-state index in [9.17, 15) is 14.9 Å². The van der Waals surface area contributed by atoms with E-state index in [1.165, 1.54) is 6.07 Å². The molecule has 7 heteroatoms. The van der Waals surface area contributed by atoms with Gasteiger partial charge in [-0.05, 0) is 36.6 Å². The molecule has 3 aromatic carbocycles. The minimum Gasteiger partial charge on any atom is -0.484 e. The van der Waals surface area contributed by atoms with Crippen molar-refractivity contribution in [3.8, 4) is 16.9 Å². The third kappa shape index (κ3) is 3.71. The quantitative estimate of drug-likeness (QED) is 0.347. The molecule has 0 spiro atoms. The highest BCUT2D eigenvalue weighted by Crippen LogP contribution is 2.55. The van der Waals surface area contributed by atoms with E-state index in [1.54, 1.807) is 6.07 Å². The first-order chi connectivity index (χ1) is 15.3. The number of hydrogen-bond donors (Lipinski definition) is 1. The van der Waals surface area contributed by atoms with E-state index in [2.05, 4.69) is 5.32 Å². The maximum Gasteiger partial charge on any atom is 0.296 e. The summed E-state index contributed by atoms with van der Waals surface area (Å²) in [6.07, 6.45) is -0.158. The van der Waals surface area contributed by atoms with Crippen LogP contribution in [0, 0.1) is 10.1 Å². The van der Waals surface area contributed by atoms with Gasteiger partial charge in [-0.25, -0.2) is 0 Å². The van der Waals surface area contributed by atoms with Crippen molar-refractivity contribution in [2.24, 2.45) is 0 Å². The smallest absolute Gasteiger partial charge is 0.296 e. The Bertz CT molecular complexity index is 1210. The standard InChI is InChI=1S/C25H22N2O5/c1-25(2)24-23(31-24)18-13-19(20(27(29)30)14-21(18)32-25)26-22(28)12-15-8-10-17(11-9-15)16-6-4-3-5-7-16/h3-11,13-14,23-24H,12H2,1-2H3,(H,26,28). The van der Waals surface area contributed by atoms with Crippen LogP contribution in [-0.2, 0) is 16.0 Å². The van der Waals surface area contributed by atoms with Crippen LogP contribution >= 0.6 is 0 Å². The van der Waals surface area contributed by atoms with Gasteiger partial charge in [0, 0.05) is 5.56 Å². The summed E-state index contributed by atoms with van der Waals surface area (Å²) in [7, 11) is 0. The van der Waals surface area contributed by atoms with Crippen LogP contribution in [0.1, 0.15) is 31.1 Å². The van der Waals surface area contributed by atoms with Gasteiger partial charge in [0.25, 0.3) is 5.69 Å². The van der Waals surface area contributed by atoms with Crippen molar-refractivity contribution in [3.63, 3.8) is 0 Å². The maximum atomic E-state index is 12.7. The van der Waals surface area contributed by atoms with Gasteiger partial charge in [-0.3, -0.25) is 14.9 Å². The minimum absolute atomic E-state index is 0.0943. The van der Waals surface area contributed by atoms with Gasteiger partial charge in [-0.15, -0.1) is 0 Å². The second kappa shape index (κ2) is 7.46. The fourth-order valence-corrected chi connectivity index (χ4v) is 4.19. The first-order valence-electron chi connectivity index (χ1n) is 10.4.